The Bertz CT molecular complexity index is 2260. The smallest absolute Gasteiger partial charge is 0.307 e. The topological polar surface area (TPSA) is 74.6 Å². The Kier molecular flexibility index (Phi) is 8.98. The minimum Gasteiger partial charge on any atom is -0.481 e. The zero-order valence-corrected chi connectivity index (χ0v) is 29.4. The van der Waals surface area contributed by atoms with Crippen LogP contribution in [0.4, 0.5) is 0 Å². The molecule has 0 fully saturated rings. The number of rotatable bonds is 10. The number of thiophene rings is 4. The summed E-state index contributed by atoms with van der Waals surface area (Å²) in [5.74, 6) is -1.67. The van der Waals surface area contributed by atoms with Gasteiger partial charge in [0.05, 0.1) is 12.8 Å². The standard InChI is InChI=1S/C40H30O4S4/c1-23-14-16-45-37(23)25-6-12-28(13-7-25)40-32(22-36(43)44)20-34(48-40)30-5-3-4-29(19-30)33-18-24(2)38(47-33)26-8-10-27(11-9-26)39-31(15-17-46-39)21-35(41)42/h3-20H,21-22H2,1-2H3,(H,41,42)(H,43,44). The molecule has 238 valence electrons. The predicted octanol–water partition coefficient (Wildman–Crippen LogP) is 11.8. The molecule has 2 N–H and O–H groups in total. The summed E-state index contributed by atoms with van der Waals surface area (Å²) in [6.07, 6.45) is -0.0134. The van der Waals surface area contributed by atoms with E-state index in [4.69, 9.17) is 0 Å². The van der Waals surface area contributed by atoms with Gasteiger partial charge in [-0.2, -0.15) is 0 Å². The summed E-state index contributed by atoms with van der Waals surface area (Å²) in [6, 6.07) is 33.6. The van der Waals surface area contributed by atoms with E-state index in [2.05, 4.69) is 104 Å². The second-order valence-electron chi connectivity index (χ2n) is 11.7. The van der Waals surface area contributed by atoms with E-state index >= 15 is 0 Å². The van der Waals surface area contributed by atoms with Crippen molar-refractivity contribution >= 4 is 57.3 Å². The first kappa shape index (κ1) is 32.0. The molecule has 0 aliphatic heterocycles. The van der Waals surface area contributed by atoms with E-state index in [0.29, 0.717) is 0 Å². The summed E-state index contributed by atoms with van der Waals surface area (Å²) in [5, 5.41) is 23.1. The van der Waals surface area contributed by atoms with E-state index in [-0.39, 0.29) is 12.8 Å². The van der Waals surface area contributed by atoms with Crippen molar-refractivity contribution in [3.05, 3.63) is 130 Å². The maximum Gasteiger partial charge on any atom is 0.307 e. The normalized spacial score (nSPS) is 11.2. The van der Waals surface area contributed by atoms with Crippen LogP contribution in [0.3, 0.4) is 0 Å². The number of carbonyl (C=O) groups is 2. The van der Waals surface area contributed by atoms with Crippen LogP contribution in [-0.2, 0) is 22.4 Å². The molecule has 4 nitrogen and oxygen atoms in total. The lowest BCUT2D eigenvalue weighted by Gasteiger charge is -2.05. The second kappa shape index (κ2) is 13.5. The molecule has 3 aromatic carbocycles. The van der Waals surface area contributed by atoms with E-state index in [1.54, 1.807) is 45.3 Å². The van der Waals surface area contributed by atoms with Crippen LogP contribution in [0, 0.1) is 13.8 Å². The van der Waals surface area contributed by atoms with Gasteiger partial charge in [-0.05, 0) is 111 Å². The fraction of sp³-hybridized carbons (Fsp3) is 0.100. The Labute approximate surface area is 294 Å². The fourth-order valence-electron chi connectivity index (χ4n) is 5.95. The molecule has 0 saturated carbocycles. The van der Waals surface area contributed by atoms with Crippen molar-refractivity contribution in [2.45, 2.75) is 26.7 Å². The first-order valence-electron chi connectivity index (χ1n) is 15.3. The molecule has 0 amide bonds. The molecule has 0 radical (unpaired) electrons. The summed E-state index contributed by atoms with van der Waals surface area (Å²) >= 11 is 6.68. The minimum absolute atomic E-state index is 0.0174. The van der Waals surface area contributed by atoms with Gasteiger partial charge in [0.2, 0.25) is 0 Å². The van der Waals surface area contributed by atoms with E-state index in [9.17, 15) is 19.8 Å². The fourth-order valence-corrected chi connectivity index (χ4v) is 10.2. The molecule has 8 heteroatoms. The first-order valence-corrected chi connectivity index (χ1v) is 18.7. The Morgan fingerprint density at radius 1 is 0.500 bits per heavy atom. The van der Waals surface area contributed by atoms with Crippen molar-refractivity contribution in [1.82, 2.24) is 0 Å². The average Bonchev–Trinajstić information content (AvgIpc) is 3.88. The van der Waals surface area contributed by atoms with Gasteiger partial charge in [-0.15, -0.1) is 45.3 Å². The third-order valence-electron chi connectivity index (χ3n) is 8.27. The summed E-state index contributed by atoms with van der Waals surface area (Å²) in [7, 11) is 0. The van der Waals surface area contributed by atoms with Crippen LogP contribution in [0.5, 0.6) is 0 Å². The molecule has 0 aliphatic carbocycles. The molecule has 0 spiro atoms. The van der Waals surface area contributed by atoms with Crippen LogP contribution in [-0.4, -0.2) is 22.2 Å². The summed E-state index contributed by atoms with van der Waals surface area (Å²) in [5.41, 5.74) is 10.6. The van der Waals surface area contributed by atoms with E-state index in [1.807, 2.05) is 17.5 Å². The zero-order valence-electron chi connectivity index (χ0n) is 26.2. The van der Waals surface area contributed by atoms with Gasteiger partial charge in [-0.25, -0.2) is 0 Å². The molecule has 48 heavy (non-hydrogen) atoms. The molecule has 0 bridgehead atoms. The molecular weight excluding hydrogens is 673 g/mol. The number of aryl methyl sites for hydroxylation is 2. The summed E-state index contributed by atoms with van der Waals surface area (Å²) < 4.78 is 0. The maximum absolute atomic E-state index is 11.9. The van der Waals surface area contributed by atoms with E-state index in [1.165, 1.54) is 26.4 Å². The number of aliphatic carboxylic acids is 2. The largest absolute Gasteiger partial charge is 0.481 e. The number of carboxylic acids is 2. The number of carboxylic acid groups (broad SMARTS) is 2. The Hall–Kier alpha value is -4.60. The molecule has 4 aromatic heterocycles. The maximum atomic E-state index is 11.9. The number of hydrogen-bond acceptors (Lipinski definition) is 6. The third kappa shape index (κ3) is 6.57. The SMILES string of the molecule is Cc1ccsc1-c1ccc(-c2sc(-c3cccc(-c4cc(C)c(-c5ccc(-c6sccc6CC(=O)O)cc5)s4)c3)cc2CC(=O)O)cc1. The predicted molar refractivity (Wildman–Crippen MR) is 203 cm³/mol. The zero-order chi connectivity index (χ0) is 33.4. The van der Waals surface area contributed by atoms with Gasteiger partial charge in [-0.1, -0.05) is 66.7 Å². The Morgan fingerprint density at radius 3 is 1.60 bits per heavy atom. The van der Waals surface area contributed by atoms with Crippen LogP contribution in [0.15, 0.2) is 108 Å². The number of benzene rings is 3. The van der Waals surface area contributed by atoms with Gasteiger partial charge in [-0.3, -0.25) is 9.59 Å². The molecule has 7 aromatic rings. The first-order chi connectivity index (χ1) is 23.2. The molecule has 0 saturated heterocycles. The molecule has 7 rings (SSSR count). The molecule has 4 heterocycles. The minimum atomic E-state index is -0.842. The Balaban J connectivity index is 1.17. The van der Waals surface area contributed by atoms with Crippen LogP contribution in [0.25, 0.3) is 62.6 Å². The quantitative estimate of drug-likeness (QED) is 0.149. The van der Waals surface area contributed by atoms with Crippen molar-refractivity contribution in [1.29, 1.82) is 0 Å². The highest BCUT2D eigenvalue weighted by atomic mass is 32.1. The third-order valence-corrected chi connectivity index (χ3v) is 13.0. The van der Waals surface area contributed by atoms with Crippen molar-refractivity contribution in [3.63, 3.8) is 0 Å². The lowest BCUT2D eigenvalue weighted by Crippen LogP contribution is -1.99. The highest BCUT2D eigenvalue weighted by Gasteiger charge is 2.17. The van der Waals surface area contributed by atoms with Crippen LogP contribution < -0.4 is 0 Å². The molecule has 0 aliphatic rings. The van der Waals surface area contributed by atoms with E-state index in [0.717, 1.165) is 58.5 Å². The van der Waals surface area contributed by atoms with Gasteiger partial charge in [0.25, 0.3) is 0 Å². The average molecular weight is 703 g/mol. The van der Waals surface area contributed by atoms with Gasteiger partial charge in [0.15, 0.2) is 0 Å². The number of hydrogen-bond donors (Lipinski definition) is 2. The van der Waals surface area contributed by atoms with Crippen LogP contribution in [0.1, 0.15) is 22.3 Å². The monoisotopic (exact) mass is 702 g/mol. The lowest BCUT2D eigenvalue weighted by atomic mass is 10.0. The van der Waals surface area contributed by atoms with Gasteiger partial charge in [0, 0.05) is 29.3 Å². The van der Waals surface area contributed by atoms with Gasteiger partial charge in [0.1, 0.15) is 0 Å². The van der Waals surface area contributed by atoms with Crippen molar-refractivity contribution in [2.75, 3.05) is 0 Å². The van der Waals surface area contributed by atoms with Crippen molar-refractivity contribution < 1.29 is 19.8 Å². The second-order valence-corrected chi connectivity index (χ2v) is 15.6. The lowest BCUT2D eigenvalue weighted by molar-refractivity contribution is -0.137. The Morgan fingerprint density at radius 2 is 1.00 bits per heavy atom. The molecule has 0 atom stereocenters. The summed E-state index contributed by atoms with van der Waals surface area (Å²) in [4.78, 5) is 29.8. The van der Waals surface area contributed by atoms with Crippen molar-refractivity contribution in [3.8, 4) is 62.6 Å². The summed E-state index contributed by atoms with van der Waals surface area (Å²) in [6.45, 7) is 4.25. The molecule has 0 unspecified atom stereocenters. The van der Waals surface area contributed by atoms with Crippen LogP contribution in [0.2, 0.25) is 0 Å². The highest BCUT2D eigenvalue weighted by molar-refractivity contribution is 7.19. The highest BCUT2D eigenvalue weighted by Crippen LogP contribution is 2.43. The van der Waals surface area contributed by atoms with Crippen molar-refractivity contribution in [2.24, 2.45) is 0 Å². The van der Waals surface area contributed by atoms with Gasteiger partial charge >= 0.3 is 11.9 Å². The van der Waals surface area contributed by atoms with Gasteiger partial charge < -0.3 is 10.2 Å². The molecular formula is C40H30O4S4. The van der Waals surface area contributed by atoms with Crippen LogP contribution >= 0.6 is 45.3 Å². The van der Waals surface area contributed by atoms with E-state index < -0.39 is 11.9 Å².